The number of benzene rings is 3. The number of nitrogens with zero attached hydrogens (tertiary/aromatic N) is 2. The molecule has 1 amide bonds. The zero-order chi connectivity index (χ0) is 28.9. The molecule has 4 rings (SSSR count). The van der Waals surface area contributed by atoms with Gasteiger partial charge in [-0.05, 0) is 56.0 Å². The maximum Gasteiger partial charge on any atom is 0.243 e. The average molecular weight is 561 g/mol. The number of carbonyl (C=O) groups is 1. The summed E-state index contributed by atoms with van der Waals surface area (Å²) >= 11 is 0. The Balaban J connectivity index is 1.68. The molecular formula is C32H36N2O5S. The van der Waals surface area contributed by atoms with Crippen molar-refractivity contribution in [3.8, 4) is 0 Å². The van der Waals surface area contributed by atoms with Crippen LogP contribution in [0.5, 0.6) is 0 Å². The number of carbonyl (C=O) groups excluding carboxylic acids is 1. The van der Waals surface area contributed by atoms with Crippen LogP contribution >= 0.6 is 0 Å². The molecule has 3 aromatic carbocycles. The minimum absolute atomic E-state index is 0.0114. The van der Waals surface area contributed by atoms with Gasteiger partial charge in [0.05, 0.1) is 35.2 Å². The maximum absolute atomic E-state index is 13.9. The van der Waals surface area contributed by atoms with E-state index in [4.69, 9.17) is 4.42 Å². The summed E-state index contributed by atoms with van der Waals surface area (Å²) in [4.78, 5) is 28.9. The smallest absolute Gasteiger partial charge is 0.243 e. The fraction of sp³-hybridized carbons (Fsp3) is 0.312. The SMILES string of the molecule is Cc1ccc(S(=O)(=O)N(CCC(C)C)CC(=O)N(Cc2ccccc2)Cc2coc3ccc(C)cc3c2=O)cc1. The van der Waals surface area contributed by atoms with Crippen molar-refractivity contribution in [2.75, 3.05) is 13.1 Å². The third kappa shape index (κ3) is 7.06. The number of hydrogen-bond acceptors (Lipinski definition) is 5. The van der Waals surface area contributed by atoms with Crippen LogP contribution in [-0.2, 0) is 27.9 Å². The van der Waals surface area contributed by atoms with Crippen molar-refractivity contribution in [2.45, 2.75) is 52.1 Å². The lowest BCUT2D eigenvalue weighted by molar-refractivity contribution is -0.132. The molecule has 1 heterocycles. The van der Waals surface area contributed by atoms with Gasteiger partial charge in [0.1, 0.15) is 5.58 Å². The summed E-state index contributed by atoms with van der Waals surface area (Å²) in [5.74, 6) is -0.149. The van der Waals surface area contributed by atoms with Gasteiger partial charge in [-0.3, -0.25) is 9.59 Å². The molecule has 1 aromatic heterocycles. The summed E-state index contributed by atoms with van der Waals surface area (Å²) in [6.45, 7) is 7.89. The molecule has 0 fully saturated rings. The first-order valence-corrected chi connectivity index (χ1v) is 14.9. The van der Waals surface area contributed by atoms with Gasteiger partial charge in [0.2, 0.25) is 15.9 Å². The minimum Gasteiger partial charge on any atom is -0.464 e. The van der Waals surface area contributed by atoms with E-state index in [9.17, 15) is 18.0 Å². The molecule has 0 N–H and O–H groups in total. The monoisotopic (exact) mass is 560 g/mol. The molecule has 210 valence electrons. The summed E-state index contributed by atoms with van der Waals surface area (Å²) in [7, 11) is -3.92. The second kappa shape index (κ2) is 12.6. The Labute approximate surface area is 236 Å². The van der Waals surface area contributed by atoms with Gasteiger partial charge in [0.25, 0.3) is 0 Å². The summed E-state index contributed by atoms with van der Waals surface area (Å²) in [5, 5.41) is 0.449. The fourth-order valence-corrected chi connectivity index (χ4v) is 5.84. The largest absolute Gasteiger partial charge is 0.464 e. The topological polar surface area (TPSA) is 87.9 Å². The van der Waals surface area contributed by atoms with Crippen molar-refractivity contribution in [1.82, 2.24) is 9.21 Å². The number of amides is 1. The molecule has 0 saturated heterocycles. The van der Waals surface area contributed by atoms with Crippen LogP contribution in [0.2, 0.25) is 0 Å². The molecule has 0 radical (unpaired) electrons. The highest BCUT2D eigenvalue weighted by Crippen LogP contribution is 2.20. The van der Waals surface area contributed by atoms with Gasteiger partial charge in [0, 0.05) is 13.1 Å². The molecule has 40 heavy (non-hydrogen) atoms. The van der Waals surface area contributed by atoms with Crippen LogP contribution in [0.3, 0.4) is 0 Å². The van der Waals surface area contributed by atoms with Crippen LogP contribution in [0.1, 0.15) is 42.5 Å². The first-order chi connectivity index (χ1) is 19.0. The molecule has 4 aromatic rings. The van der Waals surface area contributed by atoms with Gasteiger partial charge in [0.15, 0.2) is 5.43 Å². The molecule has 0 unspecified atom stereocenters. The van der Waals surface area contributed by atoms with E-state index in [0.717, 1.165) is 16.7 Å². The molecule has 0 atom stereocenters. The number of aryl methyl sites for hydroxylation is 2. The van der Waals surface area contributed by atoms with Crippen LogP contribution in [0.4, 0.5) is 0 Å². The van der Waals surface area contributed by atoms with Gasteiger partial charge in [-0.25, -0.2) is 8.42 Å². The Bertz CT molecular complexity index is 1630. The molecular weight excluding hydrogens is 524 g/mol. The van der Waals surface area contributed by atoms with Crippen molar-refractivity contribution in [2.24, 2.45) is 5.92 Å². The Morgan fingerprint density at radius 1 is 0.900 bits per heavy atom. The Morgan fingerprint density at radius 2 is 1.57 bits per heavy atom. The quantitative estimate of drug-likeness (QED) is 0.236. The van der Waals surface area contributed by atoms with Gasteiger partial charge < -0.3 is 9.32 Å². The van der Waals surface area contributed by atoms with Gasteiger partial charge in [-0.15, -0.1) is 0 Å². The summed E-state index contributed by atoms with van der Waals surface area (Å²) in [5.41, 5.74) is 3.34. The fourth-order valence-electron chi connectivity index (χ4n) is 4.43. The van der Waals surface area contributed by atoms with Gasteiger partial charge >= 0.3 is 0 Å². The van der Waals surface area contributed by atoms with Crippen LogP contribution in [0.15, 0.2) is 93.2 Å². The van der Waals surface area contributed by atoms with E-state index in [1.54, 1.807) is 36.4 Å². The van der Waals surface area contributed by atoms with Crippen molar-refractivity contribution < 1.29 is 17.6 Å². The highest BCUT2D eigenvalue weighted by molar-refractivity contribution is 7.89. The lowest BCUT2D eigenvalue weighted by Gasteiger charge is -2.28. The lowest BCUT2D eigenvalue weighted by atomic mass is 10.1. The number of sulfonamides is 1. The Morgan fingerprint density at radius 3 is 2.25 bits per heavy atom. The molecule has 0 aliphatic rings. The zero-order valence-corrected chi connectivity index (χ0v) is 24.3. The Kier molecular flexibility index (Phi) is 9.22. The molecule has 0 aliphatic carbocycles. The molecule has 7 nitrogen and oxygen atoms in total. The predicted molar refractivity (Wildman–Crippen MR) is 157 cm³/mol. The van der Waals surface area contributed by atoms with Gasteiger partial charge in [-0.1, -0.05) is 73.5 Å². The van der Waals surface area contributed by atoms with Crippen molar-refractivity contribution in [3.63, 3.8) is 0 Å². The van der Waals surface area contributed by atoms with Crippen molar-refractivity contribution >= 4 is 26.9 Å². The van der Waals surface area contributed by atoms with E-state index in [1.165, 1.54) is 15.5 Å². The second-order valence-corrected chi connectivity index (χ2v) is 12.6. The van der Waals surface area contributed by atoms with Crippen LogP contribution < -0.4 is 5.43 Å². The zero-order valence-electron chi connectivity index (χ0n) is 23.5. The van der Waals surface area contributed by atoms with E-state index in [2.05, 4.69) is 0 Å². The second-order valence-electron chi connectivity index (χ2n) is 10.7. The predicted octanol–water partition coefficient (Wildman–Crippen LogP) is 5.68. The van der Waals surface area contributed by atoms with Crippen molar-refractivity contribution in [3.05, 3.63) is 112 Å². The van der Waals surface area contributed by atoms with E-state index in [-0.39, 0.29) is 42.4 Å². The maximum atomic E-state index is 13.9. The Hall–Kier alpha value is -3.75. The van der Waals surface area contributed by atoms with E-state index in [1.807, 2.05) is 64.1 Å². The first kappa shape index (κ1) is 29.2. The lowest BCUT2D eigenvalue weighted by Crippen LogP contribution is -2.43. The van der Waals surface area contributed by atoms with E-state index >= 15 is 0 Å². The van der Waals surface area contributed by atoms with Crippen molar-refractivity contribution in [1.29, 1.82) is 0 Å². The molecule has 0 aliphatic heterocycles. The molecule has 8 heteroatoms. The standard InChI is InChI=1S/C32H36N2O5S/c1-23(2)16-17-34(40(37,38)28-13-10-24(3)11-14-28)21-31(35)33(19-26-8-6-5-7-9-26)20-27-22-39-30-15-12-25(4)18-29(30)32(27)36/h5-15,18,22-23H,16-17,19-21H2,1-4H3. The average Bonchev–Trinajstić information content (AvgIpc) is 2.92. The van der Waals surface area contributed by atoms with Gasteiger partial charge in [-0.2, -0.15) is 4.31 Å². The molecule has 0 saturated carbocycles. The van der Waals surface area contributed by atoms with Crippen LogP contribution in [0, 0.1) is 19.8 Å². The minimum atomic E-state index is -3.92. The number of rotatable bonds is 11. The van der Waals surface area contributed by atoms with E-state index < -0.39 is 15.9 Å². The number of fused-ring (bicyclic) bond motifs is 1. The first-order valence-electron chi connectivity index (χ1n) is 13.4. The summed E-state index contributed by atoms with van der Waals surface area (Å²) < 4.78 is 34.3. The highest BCUT2D eigenvalue weighted by atomic mass is 32.2. The number of hydrogen-bond donors (Lipinski definition) is 0. The normalized spacial score (nSPS) is 11.8. The third-order valence-electron chi connectivity index (χ3n) is 6.86. The van der Waals surface area contributed by atoms with Crippen LogP contribution in [-0.4, -0.2) is 36.6 Å². The molecule has 0 bridgehead atoms. The summed E-state index contributed by atoms with van der Waals surface area (Å²) in [6.07, 6.45) is 2.00. The third-order valence-corrected chi connectivity index (χ3v) is 8.72. The van der Waals surface area contributed by atoms with Crippen LogP contribution in [0.25, 0.3) is 11.0 Å². The van der Waals surface area contributed by atoms with E-state index in [0.29, 0.717) is 23.0 Å². The molecule has 0 spiro atoms. The summed E-state index contributed by atoms with van der Waals surface area (Å²) in [6, 6.07) is 21.5. The highest BCUT2D eigenvalue weighted by Gasteiger charge is 2.29.